The van der Waals surface area contributed by atoms with E-state index in [9.17, 15) is 9.18 Å². The van der Waals surface area contributed by atoms with Crippen molar-refractivity contribution in [1.82, 2.24) is 5.32 Å². The molecule has 0 saturated carbocycles. The second-order valence-corrected chi connectivity index (χ2v) is 5.56. The molecule has 0 fully saturated rings. The van der Waals surface area contributed by atoms with E-state index in [0.29, 0.717) is 29.1 Å². The number of nitrogens with one attached hydrogen (secondary N) is 1. The minimum Gasteiger partial charge on any atom is -0.381 e. The molecule has 0 heterocycles. The highest BCUT2D eigenvalue weighted by Crippen LogP contribution is 2.17. The van der Waals surface area contributed by atoms with Crippen LogP contribution in [0.3, 0.4) is 0 Å². The predicted molar refractivity (Wildman–Crippen MR) is 76.7 cm³/mol. The summed E-state index contributed by atoms with van der Waals surface area (Å²) in [5.41, 5.74) is 0.308. The van der Waals surface area contributed by atoms with Gasteiger partial charge in [0.05, 0.1) is 5.56 Å². The van der Waals surface area contributed by atoms with E-state index in [1.807, 2.05) is 0 Å². The molecule has 0 spiro atoms. The SMILES string of the molecule is CC(C)COCCCNC(=O)c1cc(F)ccc1Br. The average Bonchev–Trinajstić information content (AvgIpc) is 2.36. The topological polar surface area (TPSA) is 38.3 Å². The normalized spacial score (nSPS) is 10.8. The fourth-order valence-corrected chi connectivity index (χ4v) is 1.89. The van der Waals surface area contributed by atoms with E-state index in [2.05, 4.69) is 35.1 Å². The Hall–Kier alpha value is -0.940. The maximum absolute atomic E-state index is 13.1. The van der Waals surface area contributed by atoms with Crippen molar-refractivity contribution in [1.29, 1.82) is 0 Å². The highest BCUT2D eigenvalue weighted by Gasteiger charge is 2.10. The highest BCUT2D eigenvalue weighted by molar-refractivity contribution is 9.10. The third-order valence-electron chi connectivity index (χ3n) is 2.38. The summed E-state index contributed by atoms with van der Waals surface area (Å²) in [4.78, 5) is 11.8. The maximum Gasteiger partial charge on any atom is 0.252 e. The van der Waals surface area contributed by atoms with E-state index in [4.69, 9.17) is 4.74 Å². The van der Waals surface area contributed by atoms with Gasteiger partial charge in [-0.15, -0.1) is 0 Å². The molecule has 0 atom stereocenters. The van der Waals surface area contributed by atoms with Gasteiger partial charge in [0.1, 0.15) is 5.82 Å². The summed E-state index contributed by atoms with van der Waals surface area (Å²) in [5, 5.41) is 2.74. The van der Waals surface area contributed by atoms with Crippen LogP contribution in [0.25, 0.3) is 0 Å². The second kappa shape index (κ2) is 8.27. The summed E-state index contributed by atoms with van der Waals surface area (Å²) >= 11 is 3.23. The van der Waals surface area contributed by atoms with Crippen molar-refractivity contribution in [2.75, 3.05) is 19.8 Å². The highest BCUT2D eigenvalue weighted by atomic mass is 79.9. The van der Waals surface area contributed by atoms with Gasteiger partial charge >= 0.3 is 0 Å². The van der Waals surface area contributed by atoms with Gasteiger partial charge in [0, 0.05) is 24.2 Å². The molecule has 1 N–H and O–H groups in total. The first-order valence-electron chi connectivity index (χ1n) is 6.31. The molecule has 0 aliphatic rings. The smallest absolute Gasteiger partial charge is 0.252 e. The Balaban J connectivity index is 2.29. The molecule has 0 bridgehead atoms. The lowest BCUT2D eigenvalue weighted by molar-refractivity contribution is 0.0924. The van der Waals surface area contributed by atoms with Crippen LogP contribution in [0.5, 0.6) is 0 Å². The van der Waals surface area contributed by atoms with E-state index >= 15 is 0 Å². The van der Waals surface area contributed by atoms with Gasteiger partial charge in [-0.1, -0.05) is 13.8 Å². The minimum absolute atomic E-state index is 0.282. The lowest BCUT2D eigenvalue weighted by atomic mass is 10.2. The van der Waals surface area contributed by atoms with Gasteiger partial charge in [0.2, 0.25) is 0 Å². The number of ether oxygens (including phenoxy) is 1. The van der Waals surface area contributed by atoms with E-state index < -0.39 is 5.82 Å². The van der Waals surface area contributed by atoms with Gasteiger partial charge in [-0.2, -0.15) is 0 Å². The number of amides is 1. The van der Waals surface area contributed by atoms with Crippen molar-refractivity contribution >= 4 is 21.8 Å². The zero-order valence-corrected chi connectivity index (χ0v) is 12.8. The molecule has 0 radical (unpaired) electrons. The van der Waals surface area contributed by atoms with Gasteiger partial charge in [-0.25, -0.2) is 4.39 Å². The van der Waals surface area contributed by atoms with Crippen LogP contribution in [-0.2, 0) is 4.74 Å². The van der Waals surface area contributed by atoms with Crippen molar-refractivity contribution < 1.29 is 13.9 Å². The zero-order chi connectivity index (χ0) is 14.3. The van der Waals surface area contributed by atoms with E-state index in [1.165, 1.54) is 18.2 Å². The molecule has 0 unspecified atom stereocenters. The molecular weight excluding hydrogens is 313 g/mol. The lowest BCUT2D eigenvalue weighted by Gasteiger charge is -2.08. The van der Waals surface area contributed by atoms with Crippen molar-refractivity contribution in [2.45, 2.75) is 20.3 Å². The van der Waals surface area contributed by atoms with Crippen LogP contribution < -0.4 is 5.32 Å². The molecule has 0 aliphatic carbocycles. The largest absolute Gasteiger partial charge is 0.381 e. The zero-order valence-electron chi connectivity index (χ0n) is 11.2. The summed E-state index contributed by atoms with van der Waals surface area (Å²) in [5.74, 6) is -0.193. The molecule has 0 aliphatic heterocycles. The third-order valence-corrected chi connectivity index (χ3v) is 3.07. The monoisotopic (exact) mass is 331 g/mol. The van der Waals surface area contributed by atoms with Crippen molar-refractivity contribution in [2.24, 2.45) is 5.92 Å². The molecule has 1 amide bonds. The van der Waals surface area contributed by atoms with Crippen LogP contribution in [0, 0.1) is 11.7 Å². The number of halogens is 2. The van der Waals surface area contributed by atoms with Gasteiger partial charge < -0.3 is 10.1 Å². The Bertz CT molecular complexity index is 424. The number of carbonyl (C=O) groups excluding carboxylic acids is 1. The van der Waals surface area contributed by atoms with Crippen LogP contribution in [-0.4, -0.2) is 25.7 Å². The molecule has 1 aromatic carbocycles. The Morgan fingerprint density at radius 1 is 1.47 bits per heavy atom. The summed E-state index contributed by atoms with van der Waals surface area (Å²) in [7, 11) is 0. The van der Waals surface area contributed by atoms with E-state index in [-0.39, 0.29) is 5.91 Å². The lowest BCUT2D eigenvalue weighted by Crippen LogP contribution is -2.25. The Kier molecular flexibility index (Phi) is 7.02. The van der Waals surface area contributed by atoms with Crippen molar-refractivity contribution in [3.63, 3.8) is 0 Å². The average molecular weight is 332 g/mol. The van der Waals surface area contributed by atoms with Gasteiger partial charge in [-0.3, -0.25) is 4.79 Å². The number of carbonyl (C=O) groups is 1. The predicted octanol–water partition coefficient (Wildman–Crippen LogP) is 3.38. The first-order valence-corrected chi connectivity index (χ1v) is 7.11. The Morgan fingerprint density at radius 3 is 2.89 bits per heavy atom. The summed E-state index contributed by atoms with van der Waals surface area (Å²) in [6, 6.07) is 4.05. The summed E-state index contributed by atoms with van der Waals surface area (Å²) in [6.45, 7) is 6.03. The fourth-order valence-electron chi connectivity index (χ4n) is 1.46. The fraction of sp³-hybridized carbons (Fsp3) is 0.500. The first-order chi connectivity index (χ1) is 9.00. The molecule has 1 aromatic rings. The summed E-state index contributed by atoms with van der Waals surface area (Å²) in [6.07, 6.45) is 0.741. The molecule has 5 heteroatoms. The first kappa shape index (κ1) is 16.1. The number of rotatable bonds is 7. The van der Waals surface area contributed by atoms with Crippen LogP contribution >= 0.6 is 15.9 Å². The molecule has 106 valence electrons. The van der Waals surface area contributed by atoms with E-state index in [0.717, 1.165) is 13.0 Å². The van der Waals surface area contributed by atoms with Crippen LogP contribution in [0.4, 0.5) is 4.39 Å². The van der Waals surface area contributed by atoms with Gasteiger partial charge in [0.15, 0.2) is 0 Å². The van der Waals surface area contributed by atoms with E-state index in [1.54, 1.807) is 0 Å². The molecular formula is C14H19BrFNO2. The molecule has 3 nitrogen and oxygen atoms in total. The second-order valence-electron chi connectivity index (χ2n) is 4.70. The van der Waals surface area contributed by atoms with Gasteiger partial charge in [0.25, 0.3) is 5.91 Å². The molecule has 1 rings (SSSR count). The van der Waals surface area contributed by atoms with Crippen molar-refractivity contribution in [3.05, 3.63) is 34.1 Å². The third kappa shape index (κ3) is 6.16. The number of hydrogen-bond donors (Lipinski definition) is 1. The maximum atomic E-state index is 13.1. The van der Waals surface area contributed by atoms with Crippen molar-refractivity contribution in [3.8, 4) is 0 Å². The number of hydrogen-bond acceptors (Lipinski definition) is 2. The van der Waals surface area contributed by atoms with Crippen LogP contribution in [0.2, 0.25) is 0 Å². The van der Waals surface area contributed by atoms with Gasteiger partial charge in [-0.05, 0) is 46.5 Å². The quantitative estimate of drug-likeness (QED) is 0.778. The molecule has 0 saturated heterocycles. The van der Waals surface area contributed by atoms with Crippen LogP contribution in [0.15, 0.2) is 22.7 Å². The Morgan fingerprint density at radius 2 is 2.21 bits per heavy atom. The molecule has 0 aromatic heterocycles. The Labute approximate surface area is 121 Å². The minimum atomic E-state index is -0.423. The number of benzene rings is 1. The summed E-state index contributed by atoms with van der Waals surface area (Å²) < 4.78 is 19.0. The molecule has 19 heavy (non-hydrogen) atoms. The van der Waals surface area contributed by atoms with Crippen LogP contribution in [0.1, 0.15) is 30.6 Å². The standard InChI is InChI=1S/C14H19BrFNO2/c1-10(2)9-19-7-3-6-17-14(18)12-8-11(16)4-5-13(12)15/h4-5,8,10H,3,6-7,9H2,1-2H3,(H,17,18).